The van der Waals surface area contributed by atoms with E-state index in [1.807, 2.05) is 6.92 Å². The van der Waals surface area contributed by atoms with Crippen LogP contribution in [0.25, 0.3) is 0 Å². The van der Waals surface area contributed by atoms with Crippen molar-refractivity contribution in [1.29, 1.82) is 0 Å². The molecule has 2 aliphatic carbocycles. The van der Waals surface area contributed by atoms with Crippen molar-refractivity contribution < 1.29 is 23.8 Å². The molecule has 0 heterocycles. The van der Waals surface area contributed by atoms with Gasteiger partial charge in [-0.05, 0) is 52.9 Å². The molecule has 2 fully saturated rings. The molecule has 0 saturated heterocycles. The van der Waals surface area contributed by atoms with E-state index in [9.17, 15) is 23.8 Å². The second kappa shape index (κ2) is 5.02. The molecule has 5 heteroatoms. The summed E-state index contributed by atoms with van der Waals surface area (Å²) in [6.45, 7) is 7.42. The monoisotopic (exact) mass is 292 g/mol. The summed E-state index contributed by atoms with van der Waals surface area (Å²) < 4.78 is 26.7. The Bertz CT molecular complexity index is 387. The van der Waals surface area contributed by atoms with Gasteiger partial charge in [-0.2, -0.15) is 0 Å². The quantitative estimate of drug-likeness (QED) is 0.722. The summed E-state index contributed by atoms with van der Waals surface area (Å²) in [5.41, 5.74) is -5.99. The smallest absolute Gasteiger partial charge is 0.194 e. The Labute approximate surface area is 119 Å². The van der Waals surface area contributed by atoms with E-state index in [0.717, 1.165) is 13.3 Å². The third-order valence-electron chi connectivity index (χ3n) is 5.42. The third-order valence-corrected chi connectivity index (χ3v) is 5.42. The number of rotatable bonds is 0. The van der Waals surface area contributed by atoms with E-state index in [1.54, 1.807) is 6.92 Å². The lowest BCUT2D eigenvalue weighted by molar-refractivity contribution is -0.136. The Kier molecular flexibility index (Phi) is 4.39. The molecule has 118 valence electrons. The maximum atomic E-state index is 13.5. The van der Waals surface area contributed by atoms with Gasteiger partial charge < -0.3 is 10.2 Å². The molecule has 0 spiro atoms. The van der Waals surface area contributed by atoms with Gasteiger partial charge in [0, 0.05) is 6.42 Å². The lowest BCUT2D eigenvalue weighted by atomic mass is 9.87. The molecule has 0 aromatic rings. The van der Waals surface area contributed by atoms with E-state index < -0.39 is 28.3 Å². The maximum absolute atomic E-state index is 13.5. The Morgan fingerprint density at radius 3 is 1.65 bits per heavy atom. The van der Waals surface area contributed by atoms with Gasteiger partial charge in [-0.1, -0.05) is 6.92 Å². The lowest BCUT2D eigenvalue weighted by Crippen LogP contribution is -2.45. The fraction of sp³-hybridized carbons (Fsp3) is 0.933. The molecular formula is C15H26F2O3. The van der Waals surface area contributed by atoms with E-state index in [-0.39, 0.29) is 18.8 Å². The molecule has 20 heavy (non-hydrogen) atoms. The van der Waals surface area contributed by atoms with Crippen LogP contribution in [-0.4, -0.2) is 38.5 Å². The van der Waals surface area contributed by atoms with Crippen LogP contribution in [0.3, 0.4) is 0 Å². The van der Waals surface area contributed by atoms with Gasteiger partial charge in [-0.25, -0.2) is 8.78 Å². The predicted octanol–water partition coefficient (Wildman–Crippen LogP) is 2.72. The highest BCUT2D eigenvalue weighted by atomic mass is 19.1. The van der Waals surface area contributed by atoms with E-state index in [0.29, 0.717) is 6.42 Å². The Morgan fingerprint density at radius 2 is 1.55 bits per heavy atom. The average molecular weight is 292 g/mol. The summed E-state index contributed by atoms with van der Waals surface area (Å²) in [6.07, 6.45) is 1.76. The van der Waals surface area contributed by atoms with Crippen LogP contribution in [-0.2, 0) is 4.79 Å². The molecule has 0 aliphatic heterocycles. The van der Waals surface area contributed by atoms with Crippen LogP contribution in [0.2, 0.25) is 0 Å². The molecule has 0 bridgehead atoms. The Balaban J connectivity index is 0.000000200. The molecular weight excluding hydrogens is 266 g/mol. The van der Waals surface area contributed by atoms with Crippen LogP contribution in [0.4, 0.5) is 8.78 Å². The number of Topliss-reactive ketones (excluding diaryl/α,β-unsaturated/α-hetero) is 1. The summed E-state index contributed by atoms with van der Waals surface area (Å²) >= 11 is 0. The lowest BCUT2D eigenvalue weighted by Gasteiger charge is -2.31. The normalized spacial score (nSPS) is 51.9. The number of hydrogen-bond donors (Lipinski definition) is 2. The fourth-order valence-corrected chi connectivity index (χ4v) is 2.67. The molecule has 0 aromatic carbocycles. The number of ketones is 1. The summed E-state index contributed by atoms with van der Waals surface area (Å²) in [7, 11) is 0. The maximum Gasteiger partial charge on any atom is 0.194 e. The number of aliphatic hydroxyl groups is 2. The molecule has 0 unspecified atom stereocenters. The van der Waals surface area contributed by atoms with E-state index in [1.165, 1.54) is 13.8 Å². The summed E-state index contributed by atoms with van der Waals surface area (Å²) in [5, 5.41) is 18.8. The van der Waals surface area contributed by atoms with Gasteiger partial charge in [-0.3, -0.25) is 4.79 Å². The molecule has 0 amide bonds. The Hall–Kier alpha value is -0.550. The molecule has 0 aromatic heterocycles. The average Bonchev–Trinajstić information content (AvgIpc) is 2.60. The van der Waals surface area contributed by atoms with Crippen molar-refractivity contribution in [3.8, 4) is 0 Å². The standard InChI is InChI=1S/C8H15FO.C7H11FO2/c1-6-4-5-7(2,10)8(6,3)9;1-6(10)4-3-5(9)7(6,2)8/h6,10H,4-5H2,1-3H3;10H,3-4H2,1-2H3/t6-,7-,8-;6-,7-/m11/s1. The van der Waals surface area contributed by atoms with Gasteiger partial charge >= 0.3 is 0 Å². The van der Waals surface area contributed by atoms with Crippen molar-refractivity contribution >= 4 is 5.78 Å². The molecule has 2 N–H and O–H groups in total. The van der Waals surface area contributed by atoms with Crippen molar-refractivity contribution in [2.75, 3.05) is 0 Å². The van der Waals surface area contributed by atoms with Gasteiger partial charge in [0.15, 0.2) is 11.5 Å². The van der Waals surface area contributed by atoms with Crippen LogP contribution >= 0.6 is 0 Å². The molecule has 2 aliphatic rings. The van der Waals surface area contributed by atoms with Gasteiger partial charge in [0.05, 0.1) is 5.60 Å². The minimum absolute atomic E-state index is 0.0116. The van der Waals surface area contributed by atoms with Crippen molar-refractivity contribution in [3.63, 3.8) is 0 Å². The molecule has 2 saturated carbocycles. The first-order valence-electron chi connectivity index (χ1n) is 7.11. The third kappa shape index (κ3) is 2.75. The topological polar surface area (TPSA) is 57.5 Å². The Morgan fingerprint density at radius 1 is 1.05 bits per heavy atom. The number of carbonyl (C=O) groups is 1. The first-order chi connectivity index (χ1) is 8.76. The largest absolute Gasteiger partial charge is 0.387 e. The van der Waals surface area contributed by atoms with Crippen molar-refractivity contribution in [2.24, 2.45) is 5.92 Å². The molecule has 3 nitrogen and oxygen atoms in total. The highest BCUT2D eigenvalue weighted by Gasteiger charge is 2.54. The highest BCUT2D eigenvalue weighted by Crippen LogP contribution is 2.45. The van der Waals surface area contributed by atoms with Crippen LogP contribution in [0.15, 0.2) is 0 Å². The highest BCUT2D eigenvalue weighted by molar-refractivity contribution is 5.90. The first-order valence-corrected chi connectivity index (χ1v) is 7.11. The fourth-order valence-electron chi connectivity index (χ4n) is 2.67. The summed E-state index contributed by atoms with van der Waals surface area (Å²) in [5.74, 6) is -0.500. The van der Waals surface area contributed by atoms with E-state index in [4.69, 9.17) is 0 Å². The van der Waals surface area contributed by atoms with E-state index in [2.05, 4.69) is 0 Å². The summed E-state index contributed by atoms with van der Waals surface area (Å²) in [6, 6.07) is 0. The van der Waals surface area contributed by atoms with Gasteiger partial charge in [0.1, 0.15) is 11.3 Å². The van der Waals surface area contributed by atoms with Crippen LogP contribution in [0, 0.1) is 5.92 Å². The number of hydrogen-bond acceptors (Lipinski definition) is 3. The van der Waals surface area contributed by atoms with Crippen LogP contribution in [0.5, 0.6) is 0 Å². The van der Waals surface area contributed by atoms with Gasteiger partial charge in [-0.15, -0.1) is 0 Å². The summed E-state index contributed by atoms with van der Waals surface area (Å²) in [4.78, 5) is 10.8. The van der Waals surface area contributed by atoms with Gasteiger partial charge in [0.25, 0.3) is 0 Å². The van der Waals surface area contributed by atoms with Crippen molar-refractivity contribution in [3.05, 3.63) is 0 Å². The zero-order valence-electron chi connectivity index (χ0n) is 13.0. The van der Waals surface area contributed by atoms with Crippen LogP contribution in [0.1, 0.15) is 60.3 Å². The number of alkyl halides is 2. The minimum atomic E-state index is -2.03. The van der Waals surface area contributed by atoms with E-state index >= 15 is 0 Å². The van der Waals surface area contributed by atoms with Gasteiger partial charge in [0.2, 0.25) is 0 Å². The molecule has 2 rings (SSSR count). The second-order valence-corrected chi connectivity index (χ2v) is 6.99. The predicted molar refractivity (Wildman–Crippen MR) is 72.9 cm³/mol. The SMILES string of the molecule is C[C@@H]1CC[C@@](C)(O)[C@]1(C)F.C[C@@]1(O)CCC(=O)[C@@]1(C)F. The van der Waals surface area contributed by atoms with Crippen LogP contribution < -0.4 is 0 Å². The minimum Gasteiger partial charge on any atom is -0.387 e. The molecule has 0 radical (unpaired) electrons. The van der Waals surface area contributed by atoms with Crippen molar-refractivity contribution in [1.82, 2.24) is 0 Å². The first kappa shape index (κ1) is 17.5. The zero-order chi connectivity index (χ0) is 16.0. The number of halogens is 2. The number of carbonyl (C=O) groups excluding carboxylic acids is 1. The second-order valence-electron chi connectivity index (χ2n) is 6.99. The zero-order valence-corrected chi connectivity index (χ0v) is 13.0. The van der Waals surface area contributed by atoms with Crippen molar-refractivity contribution in [2.45, 2.75) is 82.8 Å². The molecule has 5 atom stereocenters.